The summed E-state index contributed by atoms with van der Waals surface area (Å²) in [7, 11) is 0. The number of rotatable bonds is 1. The zero-order valence-electron chi connectivity index (χ0n) is 11.4. The van der Waals surface area contributed by atoms with Gasteiger partial charge in [0.05, 0.1) is 6.61 Å². The van der Waals surface area contributed by atoms with E-state index in [0.29, 0.717) is 6.61 Å². The first-order valence-electron chi connectivity index (χ1n) is 7.04. The minimum atomic E-state index is -0.594. The van der Waals surface area contributed by atoms with Crippen LogP contribution in [-0.4, -0.2) is 18.0 Å². The lowest BCUT2D eigenvalue weighted by atomic mass is 9.72. The zero-order chi connectivity index (χ0) is 13.7. The van der Waals surface area contributed by atoms with Crippen molar-refractivity contribution in [1.82, 2.24) is 0 Å². The molecule has 1 saturated heterocycles. The van der Waals surface area contributed by atoms with Crippen LogP contribution in [0.4, 0.5) is 0 Å². The molecule has 2 unspecified atom stereocenters. The third-order valence-corrected chi connectivity index (χ3v) is 4.57. The van der Waals surface area contributed by atoms with Gasteiger partial charge in [-0.05, 0) is 24.5 Å². The molecule has 2 aliphatic rings. The smallest absolute Gasteiger partial charge is 0.197 e. The molecule has 2 aromatic carbocycles. The van der Waals surface area contributed by atoms with Crippen LogP contribution in [0.2, 0.25) is 0 Å². The summed E-state index contributed by atoms with van der Waals surface area (Å²) < 4.78 is 5.65. The summed E-state index contributed by atoms with van der Waals surface area (Å²) in [5.74, 6) is 0.301. The number of epoxide rings is 1. The van der Waals surface area contributed by atoms with E-state index >= 15 is 0 Å². The molecule has 0 amide bonds. The predicted molar refractivity (Wildman–Crippen MR) is 77.1 cm³/mol. The number of aryl methyl sites for hydroxylation is 1. The summed E-state index contributed by atoms with van der Waals surface area (Å²) in [6.45, 7) is 2.63. The minimum absolute atomic E-state index is 0.144. The first-order chi connectivity index (χ1) is 9.71. The Labute approximate surface area is 118 Å². The summed E-state index contributed by atoms with van der Waals surface area (Å²) in [6, 6.07) is 16.4. The van der Waals surface area contributed by atoms with Crippen LogP contribution < -0.4 is 0 Å². The van der Waals surface area contributed by atoms with E-state index in [4.69, 9.17) is 4.74 Å². The molecule has 4 rings (SSSR count). The van der Waals surface area contributed by atoms with Crippen molar-refractivity contribution in [3.63, 3.8) is 0 Å². The highest BCUT2D eigenvalue weighted by molar-refractivity contribution is 6.07. The van der Waals surface area contributed by atoms with E-state index < -0.39 is 5.60 Å². The van der Waals surface area contributed by atoms with E-state index in [1.54, 1.807) is 0 Å². The molecule has 2 aromatic rings. The molecule has 100 valence electrons. The highest BCUT2D eigenvalue weighted by atomic mass is 16.6. The predicted octanol–water partition coefficient (Wildman–Crippen LogP) is 3.29. The number of carbonyl (C=O) groups excluding carboxylic acids is 1. The molecule has 2 heteroatoms. The molecule has 0 bridgehead atoms. The van der Waals surface area contributed by atoms with Crippen molar-refractivity contribution in [1.29, 1.82) is 0 Å². The van der Waals surface area contributed by atoms with E-state index in [9.17, 15) is 4.79 Å². The number of Topliss-reactive ketones (excluding diaryl/α,β-unsaturated/α-hetero) is 1. The first-order valence-corrected chi connectivity index (χ1v) is 7.04. The van der Waals surface area contributed by atoms with E-state index in [1.807, 2.05) is 18.2 Å². The maximum Gasteiger partial charge on any atom is 0.197 e. The van der Waals surface area contributed by atoms with Gasteiger partial charge in [-0.1, -0.05) is 54.1 Å². The Kier molecular flexibility index (Phi) is 2.39. The van der Waals surface area contributed by atoms with Gasteiger partial charge in [-0.15, -0.1) is 0 Å². The van der Waals surface area contributed by atoms with Crippen molar-refractivity contribution in [3.05, 3.63) is 70.8 Å². The van der Waals surface area contributed by atoms with Crippen LogP contribution in [0.1, 0.15) is 33.0 Å². The molecule has 1 fully saturated rings. The topological polar surface area (TPSA) is 29.6 Å². The van der Waals surface area contributed by atoms with E-state index in [-0.39, 0.29) is 11.7 Å². The number of ketones is 1. The van der Waals surface area contributed by atoms with E-state index in [1.165, 1.54) is 11.1 Å². The van der Waals surface area contributed by atoms with Gasteiger partial charge in [-0.2, -0.15) is 0 Å². The maximum atomic E-state index is 12.7. The Morgan fingerprint density at radius 3 is 2.50 bits per heavy atom. The Hall–Kier alpha value is -1.93. The Morgan fingerprint density at radius 1 is 1.10 bits per heavy atom. The molecule has 2 nitrogen and oxygen atoms in total. The van der Waals surface area contributed by atoms with E-state index in [0.717, 1.165) is 17.5 Å². The lowest BCUT2D eigenvalue weighted by molar-refractivity contribution is 0.0825. The van der Waals surface area contributed by atoms with Crippen molar-refractivity contribution >= 4 is 5.78 Å². The Bertz CT molecular complexity index is 681. The number of hydrogen-bond acceptors (Lipinski definition) is 2. The summed E-state index contributed by atoms with van der Waals surface area (Å²) in [6.07, 6.45) is 0.880. The standard InChI is InChI=1S/C18H16O2/c1-12-6-8-13(9-7-12)16-10-14-4-2-3-5-15(14)17(19)18(16)11-20-18/h2-9,16H,10-11H2,1H3. The lowest BCUT2D eigenvalue weighted by Crippen LogP contribution is -2.38. The molecule has 1 spiro atoms. The highest BCUT2D eigenvalue weighted by Gasteiger charge is 2.60. The molecular formula is C18H16O2. The van der Waals surface area contributed by atoms with Gasteiger partial charge in [0.1, 0.15) is 0 Å². The number of benzene rings is 2. The molecule has 0 radical (unpaired) electrons. The van der Waals surface area contributed by atoms with Crippen LogP contribution in [0.25, 0.3) is 0 Å². The van der Waals surface area contributed by atoms with Gasteiger partial charge in [-0.25, -0.2) is 0 Å². The molecule has 1 heterocycles. The normalized spacial score (nSPS) is 27.4. The van der Waals surface area contributed by atoms with Crippen LogP contribution >= 0.6 is 0 Å². The highest BCUT2D eigenvalue weighted by Crippen LogP contribution is 2.49. The molecule has 0 aromatic heterocycles. The average molecular weight is 264 g/mol. The van der Waals surface area contributed by atoms with Crippen molar-refractivity contribution in [2.24, 2.45) is 0 Å². The quantitative estimate of drug-likeness (QED) is 0.740. The molecular weight excluding hydrogens is 248 g/mol. The van der Waals surface area contributed by atoms with Gasteiger partial charge in [-0.3, -0.25) is 4.79 Å². The molecule has 1 aliphatic heterocycles. The Morgan fingerprint density at radius 2 is 1.80 bits per heavy atom. The maximum absolute atomic E-state index is 12.7. The van der Waals surface area contributed by atoms with Gasteiger partial charge in [0.25, 0.3) is 0 Å². The van der Waals surface area contributed by atoms with Crippen LogP contribution in [0.15, 0.2) is 48.5 Å². The van der Waals surface area contributed by atoms with Crippen molar-refractivity contribution in [2.75, 3.05) is 6.61 Å². The minimum Gasteiger partial charge on any atom is -0.360 e. The summed E-state index contributed by atoms with van der Waals surface area (Å²) in [4.78, 5) is 12.7. The van der Waals surface area contributed by atoms with Crippen LogP contribution in [0.3, 0.4) is 0 Å². The van der Waals surface area contributed by atoms with E-state index in [2.05, 4.69) is 37.3 Å². The van der Waals surface area contributed by atoms with Gasteiger partial charge in [0, 0.05) is 11.5 Å². The lowest BCUT2D eigenvalue weighted by Gasteiger charge is -2.30. The number of fused-ring (bicyclic) bond motifs is 1. The van der Waals surface area contributed by atoms with Crippen LogP contribution in [0.5, 0.6) is 0 Å². The SMILES string of the molecule is Cc1ccc(C2Cc3ccccc3C(=O)C23CO3)cc1. The first kappa shape index (κ1) is 11.9. The van der Waals surface area contributed by atoms with Crippen LogP contribution in [0, 0.1) is 6.92 Å². The summed E-state index contributed by atoms with van der Waals surface area (Å²) >= 11 is 0. The fourth-order valence-corrected chi connectivity index (χ4v) is 3.29. The van der Waals surface area contributed by atoms with Gasteiger partial charge >= 0.3 is 0 Å². The Balaban J connectivity index is 1.82. The van der Waals surface area contributed by atoms with Gasteiger partial charge in [0.15, 0.2) is 11.4 Å². The van der Waals surface area contributed by atoms with Crippen molar-refractivity contribution < 1.29 is 9.53 Å². The fraction of sp³-hybridized carbons (Fsp3) is 0.278. The van der Waals surface area contributed by atoms with Crippen LogP contribution in [-0.2, 0) is 11.2 Å². The van der Waals surface area contributed by atoms with Gasteiger partial charge in [0.2, 0.25) is 0 Å². The second kappa shape index (κ2) is 4.03. The summed E-state index contributed by atoms with van der Waals surface area (Å²) in [5.41, 5.74) is 3.83. The van der Waals surface area contributed by atoms with Crippen molar-refractivity contribution in [2.45, 2.75) is 24.9 Å². The third kappa shape index (κ3) is 1.58. The zero-order valence-corrected chi connectivity index (χ0v) is 11.4. The second-order valence-corrected chi connectivity index (χ2v) is 5.83. The van der Waals surface area contributed by atoms with Crippen molar-refractivity contribution in [3.8, 4) is 0 Å². The number of hydrogen-bond donors (Lipinski definition) is 0. The summed E-state index contributed by atoms with van der Waals surface area (Å²) in [5, 5.41) is 0. The third-order valence-electron chi connectivity index (χ3n) is 4.57. The molecule has 0 saturated carbocycles. The molecule has 2 atom stereocenters. The fourth-order valence-electron chi connectivity index (χ4n) is 3.29. The molecule has 1 aliphatic carbocycles. The second-order valence-electron chi connectivity index (χ2n) is 5.83. The number of carbonyl (C=O) groups is 1. The van der Waals surface area contributed by atoms with Gasteiger partial charge < -0.3 is 4.74 Å². The largest absolute Gasteiger partial charge is 0.360 e. The monoisotopic (exact) mass is 264 g/mol. The average Bonchev–Trinajstić information content (AvgIpc) is 3.26. The number of ether oxygens (including phenoxy) is 1. The molecule has 20 heavy (non-hydrogen) atoms. The molecule has 0 N–H and O–H groups in total.